The number of aryl methyl sites for hydroxylation is 1. The molecule has 2 heterocycles. The fraction of sp³-hybridized carbons (Fsp3) is 0.150. The quantitative estimate of drug-likeness (QED) is 0.496. The van der Waals surface area contributed by atoms with Crippen LogP contribution in [0.15, 0.2) is 47.6 Å². The van der Waals surface area contributed by atoms with E-state index in [0.717, 1.165) is 28.6 Å². The zero-order chi connectivity index (χ0) is 20.5. The predicted molar refractivity (Wildman–Crippen MR) is 107 cm³/mol. The second kappa shape index (κ2) is 7.67. The molecule has 0 saturated carbocycles. The number of rotatable bonds is 5. The summed E-state index contributed by atoms with van der Waals surface area (Å²) in [5, 5.41) is 12.5. The van der Waals surface area contributed by atoms with E-state index >= 15 is 0 Å². The topological polar surface area (TPSA) is 68.5 Å². The number of thioether (sulfide) groups is 1. The van der Waals surface area contributed by atoms with Crippen LogP contribution in [-0.4, -0.2) is 33.4 Å². The zero-order valence-electron chi connectivity index (χ0n) is 15.6. The molecule has 0 bridgehead atoms. The molecule has 0 radical (unpaired) electrons. The van der Waals surface area contributed by atoms with E-state index in [-0.39, 0.29) is 17.3 Å². The van der Waals surface area contributed by atoms with Gasteiger partial charge in [0.2, 0.25) is 5.91 Å². The van der Waals surface area contributed by atoms with Gasteiger partial charge in [0.05, 0.1) is 18.4 Å². The first-order chi connectivity index (χ1) is 14.0. The lowest BCUT2D eigenvalue weighted by atomic mass is 10.1. The molecular formula is C20H16F2N4O2S. The third kappa shape index (κ3) is 3.73. The summed E-state index contributed by atoms with van der Waals surface area (Å²) >= 11 is 1.19. The number of fused-ring (bicyclic) bond motifs is 3. The monoisotopic (exact) mass is 414 g/mol. The summed E-state index contributed by atoms with van der Waals surface area (Å²) in [7, 11) is 1.60. The first kappa shape index (κ1) is 19.1. The SMILES string of the molecule is COc1ccc2c(C)cc3nnc(SCC(=O)Nc4ccc(F)c(F)c4)n3c2c1. The molecule has 0 aliphatic carbocycles. The molecule has 4 aromatic rings. The maximum absolute atomic E-state index is 13.3. The van der Waals surface area contributed by atoms with E-state index in [4.69, 9.17) is 4.74 Å². The summed E-state index contributed by atoms with van der Waals surface area (Å²) in [6, 6.07) is 10.9. The molecule has 9 heteroatoms. The summed E-state index contributed by atoms with van der Waals surface area (Å²) in [6.45, 7) is 1.99. The fourth-order valence-electron chi connectivity index (χ4n) is 3.02. The van der Waals surface area contributed by atoms with E-state index in [1.54, 1.807) is 7.11 Å². The number of aromatic nitrogens is 3. The van der Waals surface area contributed by atoms with Gasteiger partial charge in [-0.3, -0.25) is 9.20 Å². The molecule has 1 N–H and O–H groups in total. The van der Waals surface area contributed by atoms with E-state index in [0.29, 0.717) is 16.6 Å². The molecule has 6 nitrogen and oxygen atoms in total. The summed E-state index contributed by atoms with van der Waals surface area (Å²) in [4.78, 5) is 12.2. The minimum absolute atomic E-state index is 0.0269. The average Bonchev–Trinajstić information content (AvgIpc) is 3.12. The number of hydrogen-bond acceptors (Lipinski definition) is 5. The van der Waals surface area contributed by atoms with Crippen LogP contribution < -0.4 is 10.1 Å². The lowest BCUT2D eigenvalue weighted by molar-refractivity contribution is -0.113. The smallest absolute Gasteiger partial charge is 0.234 e. The third-order valence-electron chi connectivity index (χ3n) is 4.41. The van der Waals surface area contributed by atoms with Gasteiger partial charge in [-0.2, -0.15) is 0 Å². The van der Waals surface area contributed by atoms with Gasteiger partial charge < -0.3 is 10.1 Å². The molecule has 2 aromatic carbocycles. The van der Waals surface area contributed by atoms with E-state index in [2.05, 4.69) is 15.5 Å². The molecule has 0 spiro atoms. The van der Waals surface area contributed by atoms with Gasteiger partial charge in [0, 0.05) is 23.2 Å². The van der Waals surface area contributed by atoms with Crippen molar-refractivity contribution >= 4 is 39.9 Å². The number of nitrogens with zero attached hydrogens (tertiary/aromatic N) is 3. The van der Waals surface area contributed by atoms with E-state index < -0.39 is 11.6 Å². The molecule has 148 valence electrons. The van der Waals surface area contributed by atoms with Crippen molar-refractivity contribution in [3.05, 3.63) is 59.7 Å². The zero-order valence-corrected chi connectivity index (χ0v) is 16.4. The number of hydrogen-bond donors (Lipinski definition) is 1. The molecule has 0 saturated heterocycles. The van der Waals surface area contributed by atoms with Gasteiger partial charge >= 0.3 is 0 Å². The van der Waals surface area contributed by atoms with Crippen LogP contribution in [0.4, 0.5) is 14.5 Å². The van der Waals surface area contributed by atoms with Gasteiger partial charge in [-0.15, -0.1) is 10.2 Å². The Kier molecular flexibility index (Phi) is 5.06. The number of methoxy groups -OCH3 is 1. The number of carbonyl (C=O) groups excluding carboxylic acids is 1. The molecule has 0 unspecified atom stereocenters. The Hall–Kier alpha value is -3.20. The molecule has 2 aromatic heterocycles. The molecule has 0 fully saturated rings. The Morgan fingerprint density at radius 3 is 2.72 bits per heavy atom. The molecule has 4 rings (SSSR count). The summed E-state index contributed by atoms with van der Waals surface area (Å²) in [5.74, 6) is -1.63. The van der Waals surface area contributed by atoms with Crippen molar-refractivity contribution in [2.45, 2.75) is 12.1 Å². The highest BCUT2D eigenvalue weighted by Gasteiger charge is 2.14. The summed E-state index contributed by atoms with van der Waals surface area (Å²) in [6.07, 6.45) is 0. The number of amides is 1. The van der Waals surface area contributed by atoms with Crippen molar-refractivity contribution in [3.63, 3.8) is 0 Å². The fourth-order valence-corrected chi connectivity index (χ4v) is 3.78. The third-order valence-corrected chi connectivity index (χ3v) is 5.34. The number of carbonyl (C=O) groups is 1. The molecule has 0 atom stereocenters. The van der Waals surface area contributed by atoms with Crippen LogP contribution in [0, 0.1) is 18.6 Å². The molecule has 29 heavy (non-hydrogen) atoms. The first-order valence-electron chi connectivity index (χ1n) is 8.66. The minimum Gasteiger partial charge on any atom is -0.497 e. The number of anilines is 1. The van der Waals surface area contributed by atoms with E-state index in [1.807, 2.05) is 35.6 Å². The maximum Gasteiger partial charge on any atom is 0.234 e. The van der Waals surface area contributed by atoms with E-state index in [1.165, 1.54) is 17.8 Å². The van der Waals surface area contributed by atoms with Gasteiger partial charge in [-0.05, 0) is 42.8 Å². The van der Waals surface area contributed by atoms with E-state index in [9.17, 15) is 13.6 Å². The molecule has 1 amide bonds. The van der Waals surface area contributed by atoms with Crippen LogP contribution in [0.2, 0.25) is 0 Å². The van der Waals surface area contributed by atoms with Crippen LogP contribution in [0.1, 0.15) is 5.56 Å². The highest BCUT2D eigenvalue weighted by atomic mass is 32.2. The lowest BCUT2D eigenvalue weighted by Gasteiger charge is -2.09. The van der Waals surface area contributed by atoms with Crippen molar-refractivity contribution in [3.8, 4) is 5.75 Å². The Labute approximate surface area is 168 Å². The van der Waals surface area contributed by atoms with Gasteiger partial charge in [0.15, 0.2) is 22.4 Å². The number of benzene rings is 2. The van der Waals surface area contributed by atoms with Crippen molar-refractivity contribution in [2.24, 2.45) is 0 Å². The Morgan fingerprint density at radius 1 is 1.14 bits per heavy atom. The number of ether oxygens (including phenoxy) is 1. The van der Waals surface area contributed by atoms with Gasteiger partial charge in [0.25, 0.3) is 0 Å². The van der Waals surface area contributed by atoms with Crippen LogP contribution in [0.25, 0.3) is 16.6 Å². The maximum atomic E-state index is 13.3. The highest BCUT2D eigenvalue weighted by Crippen LogP contribution is 2.28. The minimum atomic E-state index is -1.02. The normalized spacial score (nSPS) is 11.2. The average molecular weight is 414 g/mol. The summed E-state index contributed by atoms with van der Waals surface area (Å²) in [5.41, 5.74) is 2.77. The highest BCUT2D eigenvalue weighted by molar-refractivity contribution is 7.99. The Balaban J connectivity index is 1.60. The predicted octanol–water partition coefficient (Wildman–Crippen LogP) is 4.21. The largest absolute Gasteiger partial charge is 0.497 e. The molecular weight excluding hydrogens is 398 g/mol. The first-order valence-corrected chi connectivity index (χ1v) is 9.65. The second-order valence-corrected chi connectivity index (χ2v) is 7.29. The summed E-state index contributed by atoms with van der Waals surface area (Å²) < 4.78 is 33.5. The van der Waals surface area contributed by atoms with Crippen molar-refractivity contribution < 1.29 is 18.3 Å². The van der Waals surface area contributed by atoms with Crippen molar-refractivity contribution in [1.82, 2.24) is 14.6 Å². The Bertz CT molecular complexity index is 1240. The standard InChI is InChI=1S/C20H16F2N4O2S/c1-11-7-18-24-25-20(26(18)17-9-13(28-2)4-5-14(11)17)29-10-19(27)23-12-3-6-15(21)16(22)8-12/h3-9H,10H2,1-2H3,(H,23,27). The number of halogens is 2. The number of pyridine rings is 1. The number of nitrogens with one attached hydrogen (secondary N) is 1. The van der Waals surface area contributed by atoms with Crippen LogP contribution >= 0.6 is 11.8 Å². The van der Waals surface area contributed by atoms with Crippen LogP contribution in [0.3, 0.4) is 0 Å². The lowest BCUT2D eigenvalue weighted by Crippen LogP contribution is -2.14. The Morgan fingerprint density at radius 2 is 1.97 bits per heavy atom. The van der Waals surface area contributed by atoms with Crippen LogP contribution in [0.5, 0.6) is 5.75 Å². The molecule has 0 aliphatic heterocycles. The van der Waals surface area contributed by atoms with Crippen molar-refractivity contribution in [1.29, 1.82) is 0 Å². The second-order valence-electron chi connectivity index (χ2n) is 6.35. The van der Waals surface area contributed by atoms with Gasteiger partial charge in [-0.25, -0.2) is 8.78 Å². The molecule has 0 aliphatic rings. The van der Waals surface area contributed by atoms with Gasteiger partial charge in [0.1, 0.15) is 5.75 Å². The van der Waals surface area contributed by atoms with Crippen LogP contribution in [-0.2, 0) is 4.79 Å². The van der Waals surface area contributed by atoms with Crippen molar-refractivity contribution in [2.75, 3.05) is 18.2 Å². The van der Waals surface area contributed by atoms with Gasteiger partial charge in [-0.1, -0.05) is 11.8 Å².